The van der Waals surface area contributed by atoms with Crippen LogP contribution < -0.4 is 11.1 Å². The van der Waals surface area contributed by atoms with E-state index in [2.05, 4.69) is 38.0 Å². The van der Waals surface area contributed by atoms with E-state index in [-0.39, 0.29) is 5.91 Å². The van der Waals surface area contributed by atoms with Crippen LogP contribution in [0.2, 0.25) is 0 Å². The molecule has 4 nitrogen and oxygen atoms in total. The highest BCUT2D eigenvalue weighted by molar-refractivity contribution is 5.84. The largest absolute Gasteiger partial charge is 0.368 e. The zero-order valence-electron chi connectivity index (χ0n) is 13.6. The van der Waals surface area contributed by atoms with Crippen LogP contribution in [0.1, 0.15) is 53.9 Å². The Bertz CT molecular complexity index is 268. The first-order valence-corrected chi connectivity index (χ1v) is 7.49. The first kappa shape index (κ1) is 18.4. The predicted molar refractivity (Wildman–Crippen MR) is 82.1 cm³/mol. The van der Waals surface area contributed by atoms with E-state index in [1.807, 2.05) is 13.8 Å². The van der Waals surface area contributed by atoms with Crippen LogP contribution in [0.5, 0.6) is 0 Å². The molecule has 4 heteroatoms. The second kappa shape index (κ2) is 8.54. The number of carbonyl (C=O) groups is 1. The highest BCUT2D eigenvalue weighted by atomic mass is 16.1. The molecule has 0 bridgehead atoms. The first-order valence-electron chi connectivity index (χ1n) is 7.49. The molecule has 0 aliphatic rings. The van der Waals surface area contributed by atoms with Gasteiger partial charge in [-0.1, -0.05) is 20.8 Å². The summed E-state index contributed by atoms with van der Waals surface area (Å²) in [5, 5.41) is 3.20. The van der Waals surface area contributed by atoms with Crippen molar-refractivity contribution >= 4 is 5.91 Å². The Balaban J connectivity index is 4.05. The summed E-state index contributed by atoms with van der Waals surface area (Å²) in [5.74, 6) is 0.417. The number of nitrogens with zero attached hydrogens (tertiary/aromatic N) is 1. The average molecular weight is 271 g/mol. The minimum absolute atomic E-state index is 0.252. The zero-order chi connectivity index (χ0) is 15.1. The van der Waals surface area contributed by atoms with Gasteiger partial charge in [-0.2, -0.15) is 0 Å². The molecule has 1 amide bonds. The SMILES string of the molecule is CCNC(C)(CCCCN(C)C(C)C(C)C)C(N)=O. The van der Waals surface area contributed by atoms with Gasteiger partial charge in [0.05, 0.1) is 5.54 Å². The van der Waals surface area contributed by atoms with Crippen LogP contribution in [-0.2, 0) is 4.79 Å². The van der Waals surface area contributed by atoms with Gasteiger partial charge in [-0.15, -0.1) is 0 Å². The molecule has 114 valence electrons. The third-order valence-electron chi connectivity index (χ3n) is 4.21. The minimum Gasteiger partial charge on any atom is -0.368 e. The molecule has 0 aromatic rings. The highest BCUT2D eigenvalue weighted by Crippen LogP contribution is 2.15. The molecule has 0 radical (unpaired) electrons. The summed E-state index contributed by atoms with van der Waals surface area (Å²) in [6.45, 7) is 12.5. The third kappa shape index (κ3) is 6.39. The minimum atomic E-state index is -0.559. The number of nitrogens with one attached hydrogen (secondary N) is 1. The zero-order valence-corrected chi connectivity index (χ0v) is 13.6. The number of rotatable bonds is 10. The number of carbonyl (C=O) groups excluding carboxylic acids is 1. The maximum Gasteiger partial charge on any atom is 0.237 e. The number of amides is 1. The van der Waals surface area contributed by atoms with Gasteiger partial charge in [0.2, 0.25) is 5.91 Å². The summed E-state index contributed by atoms with van der Waals surface area (Å²) in [6, 6.07) is 0.594. The lowest BCUT2D eigenvalue weighted by Gasteiger charge is -2.29. The molecular weight excluding hydrogens is 238 g/mol. The molecule has 0 saturated heterocycles. The van der Waals surface area contributed by atoms with Gasteiger partial charge in [-0.3, -0.25) is 4.79 Å². The number of likely N-dealkylation sites (N-methyl/N-ethyl adjacent to an activating group) is 1. The van der Waals surface area contributed by atoms with E-state index in [1.54, 1.807) is 0 Å². The van der Waals surface area contributed by atoms with Crippen LogP contribution in [0.4, 0.5) is 0 Å². The highest BCUT2D eigenvalue weighted by Gasteiger charge is 2.28. The molecule has 2 atom stereocenters. The van der Waals surface area contributed by atoms with Crippen molar-refractivity contribution in [2.24, 2.45) is 11.7 Å². The molecule has 0 aromatic heterocycles. The van der Waals surface area contributed by atoms with E-state index < -0.39 is 5.54 Å². The van der Waals surface area contributed by atoms with Gasteiger partial charge in [0, 0.05) is 6.04 Å². The number of hydrogen-bond acceptors (Lipinski definition) is 3. The van der Waals surface area contributed by atoms with Gasteiger partial charge in [0.25, 0.3) is 0 Å². The fourth-order valence-corrected chi connectivity index (χ4v) is 2.24. The second-order valence-corrected chi connectivity index (χ2v) is 6.15. The molecule has 0 aliphatic carbocycles. The van der Waals surface area contributed by atoms with Crippen molar-refractivity contribution in [2.45, 2.75) is 65.5 Å². The maximum absolute atomic E-state index is 11.5. The summed E-state index contributed by atoms with van der Waals surface area (Å²) >= 11 is 0. The Morgan fingerprint density at radius 3 is 2.32 bits per heavy atom. The Morgan fingerprint density at radius 1 is 1.32 bits per heavy atom. The molecular formula is C15H33N3O. The molecule has 2 unspecified atom stereocenters. The summed E-state index contributed by atoms with van der Waals surface area (Å²) in [4.78, 5) is 13.9. The van der Waals surface area contributed by atoms with Gasteiger partial charge in [-0.05, 0) is 59.2 Å². The van der Waals surface area contributed by atoms with E-state index in [1.165, 1.54) is 0 Å². The lowest BCUT2D eigenvalue weighted by atomic mass is 9.93. The van der Waals surface area contributed by atoms with E-state index >= 15 is 0 Å². The van der Waals surface area contributed by atoms with E-state index in [0.717, 1.165) is 32.4 Å². The van der Waals surface area contributed by atoms with Crippen molar-refractivity contribution in [3.63, 3.8) is 0 Å². The van der Waals surface area contributed by atoms with Crippen LogP contribution in [0.15, 0.2) is 0 Å². The smallest absolute Gasteiger partial charge is 0.237 e. The van der Waals surface area contributed by atoms with Crippen LogP contribution in [0, 0.1) is 5.92 Å². The van der Waals surface area contributed by atoms with Gasteiger partial charge >= 0.3 is 0 Å². The molecule has 0 heterocycles. The Morgan fingerprint density at radius 2 is 1.89 bits per heavy atom. The third-order valence-corrected chi connectivity index (χ3v) is 4.21. The fraction of sp³-hybridized carbons (Fsp3) is 0.933. The predicted octanol–water partition coefficient (Wildman–Crippen LogP) is 1.99. The van der Waals surface area contributed by atoms with Crippen molar-refractivity contribution in [2.75, 3.05) is 20.1 Å². The summed E-state index contributed by atoms with van der Waals surface area (Å²) in [7, 11) is 2.17. The maximum atomic E-state index is 11.5. The van der Waals surface area contributed by atoms with Crippen LogP contribution in [-0.4, -0.2) is 42.5 Å². The lowest BCUT2D eigenvalue weighted by Crippen LogP contribution is -2.53. The molecule has 0 saturated carbocycles. The summed E-state index contributed by atoms with van der Waals surface area (Å²) in [5.41, 5.74) is 4.92. The van der Waals surface area contributed by atoms with Crippen molar-refractivity contribution in [3.8, 4) is 0 Å². The standard InChI is InChI=1S/C15H33N3O/c1-7-17-15(5,14(16)19)10-8-9-11-18(6)13(4)12(2)3/h12-13,17H,7-11H2,1-6H3,(H2,16,19). The van der Waals surface area contributed by atoms with Gasteiger partial charge in [-0.25, -0.2) is 0 Å². The Hall–Kier alpha value is -0.610. The van der Waals surface area contributed by atoms with Gasteiger partial charge < -0.3 is 16.0 Å². The Kier molecular flexibility index (Phi) is 8.26. The first-order chi connectivity index (χ1) is 8.74. The normalized spacial score (nSPS) is 16.6. The topological polar surface area (TPSA) is 58.4 Å². The van der Waals surface area contributed by atoms with Crippen LogP contribution in [0.25, 0.3) is 0 Å². The lowest BCUT2D eigenvalue weighted by molar-refractivity contribution is -0.124. The molecule has 0 aliphatic heterocycles. The Labute approximate surface area is 119 Å². The average Bonchev–Trinajstić information content (AvgIpc) is 2.33. The molecule has 19 heavy (non-hydrogen) atoms. The van der Waals surface area contributed by atoms with E-state index in [4.69, 9.17) is 5.73 Å². The molecule has 0 spiro atoms. The van der Waals surface area contributed by atoms with Crippen LogP contribution >= 0.6 is 0 Å². The molecule has 0 rings (SSSR count). The number of nitrogens with two attached hydrogens (primary N) is 1. The molecule has 0 fully saturated rings. The number of unbranched alkanes of at least 4 members (excludes halogenated alkanes) is 1. The van der Waals surface area contributed by atoms with E-state index in [0.29, 0.717) is 12.0 Å². The number of primary amides is 1. The quantitative estimate of drug-likeness (QED) is 0.597. The van der Waals surface area contributed by atoms with Crippen molar-refractivity contribution < 1.29 is 4.79 Å². The molecule has 0 aromatic carbocycles. The summed E-state index contributed by atoms with van der Waals surface area (Å²) < 4.78 is 0. The van der Waals surface area contributed by atoms with Gasteiger partial charge in [0.1, 0.15) is 0 Å². The monoisotopic (exact) mass is 271 g/mol. The summed E-state index contributed by atoms with van der Waals surface area (Å²) in [6.07, 6.45) is 2.92. The van der Waals surface area contributed by atoms with Gasteiger partial charge in [0.15, 0.2) is 0 Å². The fourth-order valence-electron chi connectivity index (χ4n) is 2.24. The van der Waals surface area contributed by atoms with E-state index in [9.17, 15) is 4.79 Å². The van der Waals surface area contributed by atoms with Crippen molar-refractivity contribution in [1.82, 2.24) is 10.2 Å². The van der Waals surface area contributed by atoms with Crippen LogP contribution in [0.3, 0.4) is 0 Å². The molecule has 3 N–H and O–H groups in total. The second-order valence-electron chi connectivity index (χ2n) is 6.15. The number of hydrogen-bond donors (Lipinski definition) is 2. The van der Waals surface area contributed by atoms with Crippen molar-refractivity contribution in [3.05, 3.63) is 0 Å². The van der Waals surface area contributed by atoms with Crippen molar-refractivity contribution in [1.29, 1.82) is 0 Å².